The van der Waals surface area contributed by atoms with Crippen LogP contribution >= 0.6 is 0 Å². The lowest BCUT2D eigenvalue weighted by molar-refractivity contribution is -0.0205. The molecule has 1 fully saturated rings. The molecule has 0 radical (unpaired) electrons. The van der Waals surface area contributed by atoms with E-state index in [0.717, 1.165) is 33.6 Å². The summed E-state index contributed by atoms with van der Waals surface area (Å²) in [6, 6.07) is 25.0. The SMILES string of the molecule is Cc1cc(C(N)=O)nn1-c1ccc(Cc2ccccc2-c2ccc(C(=O)C3(CO)CNCCN3C(=O)OC(C)(C)C)cc2)cc1. The normalized spacial score (nSPS) is 16.8. The predicted molar refractivity (Wildman–Crippen MR) is 171 cm³/mol. The second-order valence-corrected chi connectivity index (χ2v) is 12.4. The highest BCUT2D eigenvalue weighted by Gasteiger charge is 2.49. The van der Waals surface area contributed by atoms with Crippen LogP contribution in [0.15, 0.2) is 78.9 Å². The molecule has 1 aromatic heterocycles. The summed E-state index contributed by atoms with van der Waals surface area (Å²) in [6.07, 6.45) is 0.0477. The predicted octanol–water partition coefficient (Wildman–Crippen LogP) is 4.29. The van der Waals surface area contributed by atoms with Crippen molar-refractivity contribution in [1.29, 1.82) is 0 Å². The Bertz CT molecular complexity index is 1710. The first-order valence-electron chi connectivity index (χ1n) is 14.9. The van der Waals surface area contributed by atoms with E-state index in [-0.39, 0.29) is 24.6 Å². The number of hydrogen-bond acceptors (Lipinski definition) is 7. The number of carbonyl (C=O) groups is 3. The lowest BCUT2D eigenvalue weighted by Gasteiger charge is -2.45. The number of aliphatic hydroxyl groups is 1. The molecule has 1 unspecified atom stereocenters. The first kappa shape index (κ1) is 31.6. The number of Topliss-reactive ketones (excluding diaryl/α,β-unsaturated/α-hetero) is 1. The van der Waals surface area contributed by atoms with Crippen LogP contribution in [0.2, 0.25) is 0 Å². The highest BCUT2D eigenvalue weighted by atomic mass is 16.6. The van der Waals surface area contributed by atoms with Crippen LogP contribution in [0.3, 0.4) is 0 Å². The smallest absolute Gasteiger partial charge is 0.411 e. The maximum Gasteiger partial charge on any atom is 0.411 e. The fourth-order valence-electron chi connectivity index (χ4n) is 5.65. The summed E-state index contributed by atoms with van der Waals surface area (Å²) in [6.45, 7) is 7.50. The number of primary amides is 1. The van der Waals surface area contributed by atoms with Gasteiger partial charge in [0.2, 0.25) is 0 Å². The number of benzene rings is 3. The Balaban J connectivity index is 1.36. The van der Waals surface area contributed by atoms with Crippen molar-refractivity contribution < 1.29 is 24.2 Å². The summed E-state index contributed by atoms with van der Waals surface area (Å²) in [7, 11) is 0. The molecule has 0 aliphatic carbocycles. The Hall–Kier alpha value is -4.80. The molecule has 0 bridgehead atoms. The number of aromatic nitrogens is 2. The lowest BCUT2D eigenvalue weighted by Crippen LogP contribution is -2.69. The van der Waals surface area contributed by atoms with Gasteiger partial charge in [0, 0.05) is 30.9 Å². The van der Waals surface area contributed by atoms with Gasteiger partial charge in [0.05, 0.1) is 12.3 Å². The summed E-state index contributed by atoms with van der Waals surface area (Å²) in [5.74, 6) is -0.914. The van der Waals surface area contributed by atoms with Gasteiger partial charge in [0.25, 0.3) is 5.91 Å². The molecule has 4 N–H and O–H groups in total. The number of ether oxygens (including phenoxy) is 1. The molecule has 1 saturated heterocycles. The lowest BCUT2D eigenvalue weighted by atomic mass is 9.85. The molecule has 2 amide bonds. The van der Waals surface area contributed by atoms with E-state index in [1.807, 2.05) is 61.5 Å². The van der Waals surface area contributed by atoms with Crippen LogP contribution in [0.25, 0.3) is 16.8 Å². The van der Waals surface area contributed by atoms with Gasteiger partial charge in [0.1, 0.15) is 11.1 Å². The first-order valence-corrected chi connectivity index (χ1v) is 14.9. The Morgan fingerprint density at radius 3 is 2.33 bits per heavy atom. The van der Waals surface area contributed by atoms with Crippen molar-refractivity contribution in [2.45, 2.75) is 45.3 Å². The number of rotatable bonds is 8. The van der Waals surface area contributed by atoms with Gasteiger partial charge < -0.3 is 20.9 Å². The van der Waals surface area contributed by atoms with Crippen LogP contribution < -0.4 is 11.1 Å². The number of aliphatic hydroxyl groups excluding tert-OH is 1. The number of ketones is 1. The molecule has 5 rings (SSSR count). The maximum absolute atomic E-state index is 13.9. The molecule has 2 heterocycles. The van der Waals surface area contributed by atoms with Crippen molar-refractivity contribution in [3.05, 3.63) is 107 Å². The van der Waals surface area contributed by atoms with Crippen molar-refractivity contribution in [1.82, 2.24) is 20.0 Å². The van der Waals surface area contributed by atoms with Gasteiger partial charge in [-0.1, -0.05) is 60.7 Å². The Kier molecular flexibility index (Phi) is 8.90. The number of piperazine rings is 1. The Morgan fingerprint density at radius 1 is 1.02 bits per heavy atom. The van der Waals surface area contributed by atoms with Crippen molar-refractivity contribution in [2.75, 3.05) is 26.2 Å². The summed E-state index contributed by atoms with van der Waals surface area (Å²) in [5, 5.41) is 18.0. The van der Waals surface area contributed by atoms with Crippen LogP contribution in [0.4, 0.5) is 4.79 Å². The molecule has 45 heavy (non-hydrogen) atoms. The average Bonchev–Trinajstić information content (AvgIpc) is 3.42. The second kappa shape index (κ2) is 12.7. The molecule has 1 aliphatic heterocycles. The Morgan fingerprint density at radius 2 is 1.71 bits per heavy atom. The van der Waals surface area contributed by atoms with Crippen LogP contribution in [-0.2, 0) is 11.2 Å². The van der Waals surface area contributed by atoms with E-state index >= 15 is 0 Å². The van der Waals surface area contributed by atoms with E-state index < -0.39 is 29.7 Å². The van der Waals surface area contributed by atoms with Gasteiger partial charge in [-0.2, -0.15) is 5.10 Å². The molecule has 10 heteroatoms. The summed E-state index contributed by atoms with van der Waals surface area (Å²) < 4.78 is 7.27. The minimum Gasteiger partial charge on any atom is -0.444 e. The van der Waals surface area contributed by atoms with Gasteiger partial charge >= 0.3 is 6.09 Å². The van der Waals surface area contributed by atoms with E-state index in [9.17, 15) is 19.5 Å². The summed E-state index contributed by atoms with van der Waals surface area (Å²) >= 11 is 0. The van der Waals surface area contributed by atoms with Gasteiger partial charge in [-0.3, -0.25) is 14.5 Å². The molecule has 0 saturated carbocycles. The fraction of sp³-hybridized carbons (Fsp3) is 0.314. The zero-order valence-corrected chi connectivity index (χ0v) is 26.0. The highest BCUT2D eigenvalue weighted by Crippen LogP contribution is 2.30. The van der Waals surface area contributed by atoms with Crippen molar-refractivity contribution in [2.24, 2.45) is 5.73 Å². The van der Waals surface area contributed by atoms with Gasteiger partial charge in [-0.15, -0.1) is 0 Å². The van der Waals surface area contributed by atoms with Crippen LogP contribution in [0.5, 0.6) is 0 Å². The maximum atomic E-state index is 13.9. The standard InChI is InChI=1S/C35H39N5O5/c1-23-19-30(32(36)43)38-40(23)28-15-9-24(10-16-28)20-27-7-5-6-8-29(27)25-11-13-26(14-12-25)31(42)35(22-41)21-37-17-18-39(35)33(44)45-34(2,3)4/h5-16,19,37,41H,17-18,20-22H2,1-4H3,(H2,36,43). The highest BCUT2D eigenvalue weighted by molar-refractivity contribution is 6.05. The minimum absolute atomic E-state index is 0.122. The number of nitrogens with two attached hydrogens (primary N) is 1. The topological polar surface area (TPSA) is 140 Å². The molecule has 1 atom stereocenters. The largest absolute Gasteiger partial charge is 0.444 e. The van der Waals surface area contributed by atoms with E-state index in [1.165, 1.54) is 4.90 Å². The molecule has 234 valence electrons. The molecule has 10 nitrogen and oxygen atoms in total. The zero-order chi connectivity index (χ0) is 32.4. The molecule has 1 aliphatic rings. The van der Waals surface area contributed by atoms with Crippen LogP contribution in [0, 0.1) is 6.92 Å². The van der Waals surface area contributed by atoms with Gasteiger partial charge in [-0.25, -0.2) is 9.48 Å². The fourth-order valence-corrected chi connectivity index (χ4v) is 5.65. The van der Waals surface area contributed by atoms with E-state index in [4.69, 9.17) is 10.5 Å². The third kappa shape index (κ3) is 6.67. The zero-order valence-electron chi connectivity index (χ0n) is 26.0. The molecule has 0 spiro atoms. The average molecular weight is 610 g/mol. The van der Waals surface area contributed by atoms with Crippen molar-refractivity contribution in [3.63, 3.8) is 0 Å². The third-order valence-electron chi connectivity index (χ3n) is 7.94. The number of nitrogens with one attached hydrogen (secondary N) is 1. The number of nitrogens with zero attached hydrogens (tertiary/aromatic N) is 3. The molecular weight excluding hydrogens is 570 g/mol. The number of amides is 2. The van der Waals surface area contributed by atoms with Crippen LogP contribution in [-0.4, -0.2) is 75.0 Å². The van der Waals surface area contributed by atoms with Gasteiger partial charge in [-0.05, 0) is 74.6 Å². The summed E-state index contributed by atoms with van der Waals surface area (Å²) in [5.41, 5.74) is 9.60. The molecule has 4 aromatic rings. The van der Waals surface area contributed by atoms with E-state index in [0.29, 0.717) is 18.5 Å². The van der Waals surface area contributed by atoms with Crippen molar-refractivity contribution >= 4 is 17.8 Å². The molecule has 3 aromatic carbocycles. The number of hydrogen-bond donors (Lipinski definition) is 3. The number of carbonyl (C=O) groups excluding carboxylic acids is 3. The van der Waals surface area contributed by atoms with Crippen LogP contribution in [0.1, 0.15) is 58.4 Å². The van der Waals surface area contributed by atoms with Crippen molar-refractivity contribution in [3.8, 4) is 16.8 Å². The second-order valence-electron chi connectivity index (χ2n) is 12.4. The first-order chi connectivity index (χ1) is 21.4. The minimum atomic E-state index is -1.47. The van der Waals surface area contributed by atoms with Gasteiger partial charge in [0.15, 0.2) is 11.5 Å². The van der Waals surface area contributed by atoms with E-state index in [1.54, 1.807) is 43.7 Å². The number of aryl methyl sites for hydroxylation is 1. The Labute approximate surface area is 262 Å². The third-order valence-corrected chi connectivity index (χ3v) is 7.94. The monoisotopic (exact) mass is 609 g/mol. The quantitative estimate of drug-likeness (QED) is 0.253. The van der Waals surface area contributed by atoms with E-state index in [2.05, 4.69) is 16.5 Å². The molecular formula is C35H39N5O5. The summed E-state index contributed by atoms with van der Waals surface area (Å²) in [4.78, 5) is 39.9.